The van der Waals surface area contributed by atoms with Crippen LogP contribution >= 0.6 is 0 Å². The Morgan fingerprint density at radius 3 is 2.47 bits per heavy atom. The number of nitrogens with one attached hydrogen (secondary N) is 2. The summed E-state index contributed by atoms with van der Waals surface area (Å²) in [4.78, 5) is 11.4. The van der Waals surface area contributed by atoms with E-state index in [1.807, 2.05) is 37.4 Å². The van der Waals surface area contributed by atoms with E-state index in [0.717, 1.165) is 18.5 Å². The third kappa shape index (κ3) is 3.54. The maximum atomic E-state index is 11.4. The maximum absolute atomic E-state index is 11.4. The van der Waals surface area contributed by atoms with E-state index in [4.69, 9.17) is 0 Å². The standard InChI is InChI=1S/C13H20N2O2/c1-13(12(16)17,15-10-6-9-14-2)11-7-4-3-5-8-11/h3-5,7-8,14-15H,6,9-10H2,1-2H3,(H,16,17). The monoisotopic (exact) mass is 236 g/mol. The summed E-state index contributed by atoms with van der Waals surface area (Å²) < 4.78 is 0. The Morgan fingerprint density at radius 1 is 1.29 bits per heavy atom. The molecule has 4 nitrogen and oxygen atoms in total. The number of benzene rings is 1. The highest BCUT2D eigenvalue weighted by atomic mass is 16.4. The lowest BCUT2D eigenvalue weighted by Crippen LogP contribution is -2.47. The number of carboxylic acids is 1. The first-order valence-corrected chi connectivity index (χ1v) is 5.80. The Labute approximate surface area is 102 Å². The summed E-state index contributed by atoms with van der Waals surface area (Å²) in [5.74, 6) is -0.854. The van der Waals surface area contributed by atoms with Crippen LogP contribution in [-0.2, 0) is 10.3 Å². The molecule has 1 aromatic rings. The zero-order valence-electron chi connectivity index (χ0n) is 10.4. The maximum Gasteiger partial charge on any atom is 0.328 e. The predicted molar refractivity (Wildman–Crippen MR) is 68.0 cm³/mol. The minimum absolute atomic E-state index is 0.665. The molecule has 0 saturated carbocycles. The number of carbonyl (C=O) groups is 1. The Balaban J connectivity index is 2.73. The fourth-order valence-electron chi connectivity index (χ4n) is 1.68. The molecule has 0 heterocycles. The first kappa shape index (κ1) is 13.7. The Hall–Kier alpha value is -1.39. The van der Waals surface area contributed by atoms with Crippen molar-refractivity contribution in [3.63, 3.8) is 0 Å². The van der Waals surface area contributed by atoms with Crippen molar-refractivity contribution in [2.45, 2.75) is 18.9 Å². The van der Waals surface area contributed by atoms with Crippen molar-refractivity contribution in [2.75, 3.05) is 20.1 Å². The Kier molecular flexibility index (Phi) is 5.12. The second-order valence-corrected chi connectivity index (χ2v) is 4.18. The second kappa shape index (κ2) is 6.37. The lowest BCUT2D eigenvalue weighted by molar-refractivity contribution is -0.144. The van der Waals surface area contributed by atoms with Gasteiger partial charge in [-0.15, -0.1) is 0 Å². The first-order valence-electron chi connectivity index (χ1n) is 5.80. The molecule has 0 amide bonds. The highest BCUT2D eigenvalue weighted by Gasteiger charge is 2.34. The summed E-state index contributed by atoms with van der Waals surface area (Å²) in [6, 6.07) is 9.25. The van der Waals surface area contributed by atoms with E-state index in [0.29, 0.717) is 6.54 Å². The van der Waals surface area contributed by atoms with Gasteiger partial charge in [-0.25, -0.2) is 4.79 Å². The molecule has 0 radical (unpaired) electrons. The smallest absolute Gasteiger partial charge is 0.328 e. The fraction of sp³-hybridized carbons (Fsp3) is 0.462. The van der Waals surface area contributed by atoms with Crippen LogP contribution in [0.15, 0.2) is 30.3 Å². The van der Waals surface area contributed by atoms with Gasteiger partial charge < -0.3 is 10.4 Å². The van der Waals surface area contributed by atoms with Gasteiger partial charge >= 0.3 is 5.97 Å². The molecule has 1 aromatic carbocycles. The lowest BCUT2D eigenvalue weighted by atomic mass is 9.92. The zero-order valence-corrected chi connectivity index (χ0v) is 10.4. The zero-order chi connectivity index (χ0) is 12.7. The van der Waals surface area contributed by atoms with Gasteiger partial charge in [0.25, 0.3) is 0 Å². The van der Waals surface area contributed by atoms with Crippen molar-refractivity contribution in [2.24, 2.45) is 0 Å². The van der Waals surface area contributed by atoms with E-state index in [-0.39, 0.29) is 0 Å². The van der Waals surface area contributed by atoms with E-state index in [1.54, 1.807) is 6.92 Å². The molecule has 1 atom stereocenters. The molecule has 0 spiro atoms. The first-order chi connectivity index (χ1) is 8.11. The number of carboxylic acid groups (broad SMARTS) is 1. The summed E-state index contributed by atoms with van der Waals surface area (Å²) >= 11 is 0. The number of aliphatic carboxylic acids is 1. The van der Waals surface area contributed by atoms with Crippen LogP contribution in [0.2, 0.25) is 0 Å². The Morgan fingerprint density at radius 2 is 1.94 bits per heavy atom. The molecule has 94 valence electrons. The fourth-order valence-corrected chi connectivity index (χ4v) is 1.68. The predicted octanol–water partition coefficient (Wildman–Crippen LogP) is 1.19. The highest BCUT2D eigenvalue weighted by Crippen LogP contribution is 2.20. The summed E-state index contributed by atoms with van der Waals surface area (Å²) in [5.41, 5.74) is -0.244. The summed E-state index contributed by atoms with van der Waals surface area (Å²) in [5, 5.41) is 15.5. The van der Waals surface area contributed by atoms with Crippen molar-refractivity contribution < 1.29 is 9.90 Å². The molecule has 17 heavy (non-hydrogen) atoms. The van der Waals surface area contributed by atoms with Gasteiger partial charge in [-0.05, 0) is 39.0 Å². The molecular weight excluding hydrogens is 216 g/mol. The third-order valence-electron chi connectivity index (χ3n) is 2.86. The molecule has 0 fully saturated rings. The average molecular weight is 236 g/mol. The normalized spacial score (nSPS) is 14.2. The second-order valence-electron chi connectivity index (χ2n) is 4.18. The summed E-state index contributed by atoms with van der Waals surface area (Å²) in [6.07, 6.45) is 0.895. The molecule has 0 aromatic heterocycles. The van der Waals surface area contributed by atoms with E-state index < -0.39 is 11.5 Å². The quantitative estimate of drug-likeness (QED) is 0.622. The molecule has 0 saturated heterocycles. The van der Waals surface area contributed by atoms with Gasteiger partial charge in [0.15, 0.2) is 0 Å². The van der Waals surface area contributed by atoms with Crippen LogP contribution in [0.1, 0.15) is 18.9 Å². The van der Waals surface area contributed by atoms with Crippen LogP contribution in [0.4, 0.5) is 0 Å². The van der Waals surface area contributed by atoms with Crippen molar-refractivity contribution in [1.82, 2.24) is 10.6 Å². The van der Waals surface area contributed by atoms with Crippen LogP contribution < -0.4 is 10.6 Å². The van der Waals surface area contributed by atoms with E-state index in [9.17, 15) is 9.90 Å². The van der Waals surface area contributed by atoms with Crippen LogP contribution in [0.3, 0.4) is 0 Å². The topological polar surface area (TPSA) is 61.4 Å². The van der Waals surface area contributed by atoms with Gasteiger partial charge in [-0.3, -0.25) is 5.32 Å². The highest BCUT2D eigenvalue weighted by molar-refractivity contribution is 5.80. The molecule has 0 aliphatic heterocycles. The lowest BCUT2D eigenvalue weighted by Gasteiger charge is -2.27. The van der Waals surface area contributed by atoms with Gasteiger partial charge in [0.1, 0.15) is 5.54 Å². The number of hydrogen-bond acceptors (Lipinski definition) is 3. The van der Waals surface area contributed by atoms with Gasteiger partial charge in [0, 0.05) is 0 Å². The largest absolute Gasteiger partial charge is 0.480 e. The van der Waals surface area contributed by atoms with Gasteiger partial charge in [-0.2, -0.15) is 0 Å². The van der Waals surface area contributed by atoms with E-state index >= 15 is 0 Å². The van der Waals surface area contributed by atoms with Crippen molar-refractivity contribution in [3.8, 4) is 0 Å². The van der Waals surface area contributed by atoms with E-state index in [2.05, 4.69) is 10.6 Å². The van der Waals surface area contributed by atoms with Crippen LogP contribution in [0.5, 0.6) is 0 Å². The van der Waals surface area contributed by atoms with Gasteiger partial charge in [0.2, 0.25) is 0 Å². The third-order valence-corrected chi connectivity index (χ3v) is 2.86. The van der Waals surface area contributed by atoms with Crippen LogP contribution in [0, 0.1) is 0 Å². The van der Waals surface area contributed by atoms with Crippen LogP contribution in [-0.4, -0.2) is 31.2 Å². The van der Waals surface area contributed by atoms with Gasteiger partial charge in [0.05, 0.1) is 0 Å². The van der Waals surface area contributed by atoms with Crippen molar-refractivity contribution in [1.29, 1.82) is 0 Å². The molecule has 0 aliphatic rings. The van der Waals surface area contributed by atoms with E-state index in [1.165, 1.54) is 0 Å². The minimum Gasteiger partial charge on any atom is -0.480 e. The number of hydrogen-bond donors (Lipinski definition) is 3. The molecule has 4 heteroatoms. The molecule has 0 aliphatic carbocycles. The summed E-state index contributed by atoms with van der Waals surface area (Å²) in [7, 11) is 1.88. The number of rotatable bonds is 7. The molecule has 3 N–H and O–H groups in total. The molecule has 1 rings (SSSR count). The van der Waals surface area contributed by atoms with Gasteiger partial charge in [-0.1, -0.05) is 30.3 Å². The minimum atomic E-state index is -1.02. The molecule has 1 unspecified atom stereocenters. The van der Waals surface area contributed by atoms with Crippen molar-refractivity contribution >= 4 is 5.97 Å². The molecular formula is C13H20N2O2. The van der Waals surface area contributed by atoms with Crippen molar-refractivity contribution in [3.05, 3.63) is 35.9 Å². The summed E-state index contributed by atoms with van der Waals surface area (Å²) in [6.45, 7) is 3.24. The SMILES string of the molecule is CNCCCNC(C)(C(=O)O)c1ccccc1. The van der Waals surface area contributed by atoms with Crippen LogP contribution in [0.25, 0.3) is 0 Å². The molecule has 0 bridgehead atoms. The Bertz CT molecular complexity index is 354. The average Bonchev–Trinajstić information content (AvgIpc) is 2.35.